The maximum atomic E-state index is 12.4. The lowest BCUT2D eigenvalue weighted by Gasteiger charge is -2.26. The molecule has 0 aromatic heterocycles. The SMILES string of the molecule is C[C@@](Cc1ccc(O)c(O)c1)(NN)C(=O)OCCOc1ccccc1Cl. The number of hydrazine groups is 1. The van der Waals surface area contributed by atoms with Crippen molar-refractivity contribution >= 4 is 17.6 Å². The van der Waals surface area contributed by atoms with Gasteiger partial charge >= 0.3 is 5.97 Å². The Balaban J connectivity index is 1.90. The van der Waals surface area contributed by atoms with Gasteiger partial charge in [-0.2, -0.15) is 0 Å². The number of phenols is 2. The van der Waals surface area contributed by atoms with Crippen LogP contribution in [0.3, 0.4) is 0 Å². The van der Waals surface area contributed by atoms with E-state index in [2.05, 4.69) is 5.43 Å². The molecule has 8 heteroatoms. The molecule has 140 valence electrons. The number of halogens is 1. The van der Waals surface area contributed by atoms with Crippen molar-refractivity contribution in [3.8, 4) is 17.2 Å². The Morgan fingerprint density at radius 1 is 1.19 bits per heavy atom. The van der Waals surface area contributed by atoms with Gasteiger partial charge in [-0.3, -0.25) is 5.84 Å². The Hall–Kier alpha value is -2.48. The van der Waals surface area contributed by atoms with Crippen molar-refractivity contribution in [3.63, 3.8) is 0 Å². The molecular formula is C18H21ClN2O5. The van der Waals surface area contributed by atoms with Gasteiger partial charge in [-0.25, -0.2) is 10.2 Å². The number of hydrogen-bond acceptors (Lipinski definition) is 7. The van der Waals surface area contributed by atoms with E-state index in [4.69, 9.17) is 26.9 Å². The van der Waals surface area contributed by atoms with Gasteiger partial charge in [0.2, 0.25) is 0 Å². The fourth-order valence-corrected chi connectivity index (χ4v) is 2.47. The van der Waals surface area contributed by atoms with Crippen LogP contribution in [0.15, 0.2) is 42.5 Å². The minimum absolute atomic E-state index is 0.0160. The number of hydrogen-bond donors (Lipinski definition) is 4. The number of nitrogens with one attached hydrogen (secondary N) is 1. The van der Waals surface area contributed by atoms with Crippen LogP contribution in [0.2, 0.25) is 5.02 Å². The molecule has 0 saturated carbocycles. The molecule has 26 heavy (non-hydrogen) atoms. The fraction of sp³-hybridized carbons (Fsp3) is 0.278. The second-order valence-corrected chi connectivity index (χ2v) is 6.30. The van der Waals surface area contributed by atoms with Gasteiger partial charge in [0.05, 0.1) is 5.02 Å². The summed E-state index contributed by atoms with van der Waals surface area (Å²) in [6.07, 6.45) is 0.154. The normalized spacial score (nSPS) is 13.0. The number of esters is 1. The van der Waals surface area contributed by atoms with Crippen LogP contribution in [0, 0.1) is 0 Å². The van der Waals surface area contributed by atoms with Crippen molar-refractivity contribution in [2.75, 3.05) is 13.2 Å². The van der Waals surface area contributed by atoms with Crippen molar-refractivity contribution in [3.05, 3.63) is 53.1 Å². The Morgan fingerprint density at radius 3 is 2.58 bits per heavy atom. The molecule has 7 nitrogen and oxygen atoms in total. The van der Waals surface area contributed by atoms with Crippen molar-refractivity contribution in [2.45, 2.75) is 18.9 Å². The molecule has 0 radical (unpaired) electrons. The standard InChI is InChI=1S/C18H21ClN2O5/c1-18(21-20,11-12-6-7-14(22)15(23)10-12)17(24)26-9-8-25-16-5-3-2-4-13(16)19/h2-7,10,21-23H,8-9,11,20H2,1H3/t18-/m0/s1. The predicted octanol–water partition coefficient (Wildman–Crippen LogP) is 2.14. The van der Waals surface area contributed by atoms with Gasteiger partial charge in [0.15, 0.2) is 11.5 Å². The Labute approximate surface area is 156 Å². The smallest absolute Gasteiger partial charge is 0.327 e. The van der Waals surface area contributed by atoms with Crippen LogP contribution in [0.5, 0.6) is 17.2 Å². The molecule has 2 rings (SSSR count). The van der Waals surface area contributed by atoms with E-state index >= 15 is 0 Å². The van der Waals surface area contributed by atoms with Crippen LogP contribution in [-0.2, 0) is 16.0 Å². The van der Waals surface area contributed by atoms with Gasteiger partial charge in [-0.05, 0) is 36.8 Å². The summed E-state index contributed by atoms with van der Waals surface area (Å²) in [7, 11) is 0. The first-order valence-electron chi connectivity index (χ1n) is 7.89. The molecule has 0 bridgehead atoms. The average molecular weight is 381 g/mol. The highest BCUT2D eigenvalue weighted by molar-refractivity contribution is 6.32. The summed E-state index contributed by atoms with van der Waals surface area (Å²) in [5, 5.41) is 19.4. The summed E-state index contributed by atoms with van der Waals surface area (Å²) in [5.74, 6) is 4.94. The molecule has 0 saturated heterocycles. The first-order chi connectivity index (χ1) is 12.4. The van der Waals surface area contributed by atoms with E-state index in [-0.39, 0.29) is 31.1 Å². The lowest BCUT2D eigenvalue weighted by atomic mass is 9.93. The quantitative estimate of drug-likeness (QED) is 0.182. The third kappa shape index (κ3) is 5.01. The van der Waals surface area contributed by atoms with Gasteiger partial charge in [-0.15, -0.1) is 0 Å². The summed E-state index contributed by atoms with van der Waals surface area (Å²) >= 11 is 5.98. The zero-order valence-electron chi connectivity index (χ0n) is 14.2. The highest BCUT2D eigenvalue weighted by atomic mass is 35.5. The molecule has 0 amide bonds. The summed E-state index contributed by atoms with van der Waals surface area (Å²) < 4.78 is 10.7. The van der Waals surface area contributed by atoms with Gasteiger partial charge in [-0.1, -0.05) is 29.8 Å². The molecule has 2 aromatic carbocycles. The minimum atomic E-state index is -1.21. The number of carbonyl (C=O) groups is 1. The summed E-state index contributed by atoms with van der Waals surface area (Å²) in [4.78, 5) is 12.4. The monoisotopic (exact) mass is 380 g/mol. The molecule has 0 aliphatic carbocycles. The van der Waals surface area contributed by atoms with E-state index in [0.29, 0.717) is 16.3 Å². The number of nitrogens with two attached hydrogens (primary N) is 1. The maximum absolute atomic E-state index is 12.4. The lowest BCUT2D eigenvalue weighted by Crippen LogP contribution is -2.55. The molecule has 1 atom stereocenters. The molecule has 0 aliphatic rings. The highest BCUT2D eigenvalue weighted by Gasteiger charge is 2.34. The second kappa shape index (κ2) is 8.75. The van der Waals surface area contributed by atoms with Gasteiger partial charge < -0.3 is 19.7 Å². The molecule has 0 aliphatic heterocycles. The summed E-state index contributed by atoms with van der Waals surface area (Å²) in [5.41, 5.74) is 1.84. The molecule has 0 heterocycles. The molecule has 0 unspecified atom stereocenters. The zero-order chi connectivity index (χ0) is 19.2. The molecule has 2 aromatic rings. The number of ether oxygens (including phenoxy) is 2. The zero-order valence-corrected chi connectivity index (χ0v) is 15.0. The number of para-hydroxylation sites is 1. The third-order valence-corrected chi connectivity index (χ3v) is 4.09. The summed E-state index contributed by atoms with van der Waals surface area (Å²) in [6, 6.07) is 11.3. The molecular weight excluding hydrogens is 360 g/mol. The van der Waals surface area contributed by atoms with Crippen LogP contribution >= 0.6 is 11.6 Å². The minimum Gasteiger partial charge on any atom is -0.504 e. The number of aromatic hydroxyl groups is 2. The van der Waals surface area contributed by atoms with Crippen LogP contribution in [0.4, 0.5) is 0 Å². The van der Waals surface area contributed by atoms with Gasteiger partial charge in [0.25, 0.3) is 0 Å². The van der Waals surface area contributed by atoms with Crippen LogP contribution in [0.25, 0.3) is 0 Å². The Morgan fingerprint density at radius 2 is 1.92 bits per heavy atom. The third-order valence-electron chi connectivity index (χ3n) is 3.78. The van der Waals surface area contributed by atoms with E-state index < -0.39 is 11.5 Å². The molecule has 5 N–H and O–H groups in total. The van der Waals surface area contributed by atoms with Gasteiger partial charge in [0, 0.05) is 6.42 Å². The second-order valence-electron chi connectivity index (χ2n) is 5.89. The number of rotatable bonds is 8. The maximum Gasteiger partial charge on any atom is 0.327 e. The highest BCUT2D eigenvalue weighted by Crippen LogP contribution is 2.27. The van der Waals surface area contributed by atoms with Crippen LogP contribution in [0.1, 0.15) is 12.5 Å². The number of phenolic OH excluding ortho intramolecular Hbond substituents is 2. The van der Waals surface area contributed by atoms with E-state index in [1.807, 2.05) is 0 Å². The van der Waals surface area contributed by atoms with Crippen molar-refractivity contribution in [1.29, 1.82) is 0 Å². The first-order valence-corrected chi connectivity index (χ1v) is 8.27. The Bertz CT molecular complexity index is 771. The van der Waals surface area contributed by atoms with Crippen molar-refractivity contribution < 1.29 is 24.5 Å². The van der Waals surface area contributed by atoms with Crippen LogP contribution in [-0.4, -0.2) is 34.9 Å². The van der Waals surface area contributed by atoms with Crippen molar-refractivity contribution in [2.24, 2.45) is 5.84 Å². The largest absolute Gasteiger partial charge is 0.504 e. The van der Waals surface area contributed by atoms with Gasteiger partial charge in [0.1, 0.15) is 24.5 Å². The molecule has 0 spiro atoms. The molecule has 0 fully saturated rings. The van der Waals surface area contributed by atoms with Crippen LogP contribution < -0.4 is 16.0 Å². The number of carbonyl (C=O) groups excluding carboxylic acids is 1. The topological polar surface area (TPSA) is 114 Å². The fourth-order valence-electron chi connectivity index (χ4n) is 2.28. The Kier molecular flexibility index (Phi) is 6.68. The van der Waals surface area contributed by atoms with E-state index in [9.17, 15) is 15.0 Å². The summed E-state index contributed by atoms with van der Waals surface area (Å²) in [6.45, 7) is 1.73. The van der Waals surface area contributed by atoms with E-state index in [1.54, 1.807) is 37.3 Å². The average Bonchev–Trinajstić information content (AvgIpc) is 2.63. The number of benzene rings is 2. The van der Waals surface area contributed by atoms with E-state index in [0.717, 1.165) is 0 Å². The van der Waals surface area contributed by atoms with E-state index in [1.165, 1.54) is 12.1 Å². The first kappa shape index (κ1) is 19.8. The van der Waals surface area contributed by atoms with Crippen molar-refractivity contribution in [1.82, 2.24) is 5.43 Å². The lowest BCUT2D eigenvalue weighted by molar-refractivity contribution is -0.151. The predicted molar refractivity (Wildman–Crippen MR) is 97.1 cm³/mol.